The van der Waals surface area contributed by atoms with E-state index in [9.17, 15) is 14.4 Å². The van der Waals surface area contributed by atoms with Gasteiger partial charge in [-0.25, -0.2) is 4.79 Å². The maximum absolute atomic E-state index is 12.7. The van der Waals surface area contributed by atoms with E-state index in [1.165, 1.54) is 5.56 Å². The Labute approximate surface area is 241 Å². The number of ether oxygens (including phenoxy) is 1. The minimum Gasteiger partial charge on any atom is -0.497 e. The molecular weight excluding hydrogens is 518 g/mol. The number of nitrogens with one attached hydrogen (secondary N) is 4. The molecule has 1 atom stereocenters. The zero-order valence-corrected chi connectivity index (χ0v) is 24.5. The molecule has 41 heavy (non-hydrogen) atoms. The number of hydrogen-bond acceptors (Lipinski definition) is 6. The predicted molar refractivity (Wildman–Crippen MR) is 163 cm³/mol. The molecule has 1 unspecified atom stereocenters. The van der Waals surface area contributed by atoms with Crippen LogP contribution in [0.5, 0.6) is 5.75 Å². The van der Waals surface area contributed by atoms with Gasteiger partial charge in [0.05, 0.1) is 24.7 Å². The highest BCUT2D eigenvalue weighted by Crippen LogP contribution is 2.30. The van der Waals surface area contributed by atoms with Gasteiger partial charge in [-0.05, 0) is 87.1 Å². The first-order chi connectivity index (χ1) is 19.7. The van der Waals surface area contributed by atoms with Gasteiger partial charge < -0.3 is 30.2 Å². The Kier molecular flexibility index (Phi) is 9.70. The van der Waals surface area contributed by atoms with Gasteiger partial charge in [0, 0.05) is 30.3 Å². The summed E-state index contributed by atoms with van der Waals surface area (Å²) in [5.41, 5.74) is 5.27. The summed E-state index contributed by atoms with van der Waals surface area (Å²) in [7, 11) is 1.69. The monoisotopic (exact) mass is 559 g/mol. The standard InChI is InChI=1S/C32H41N5O4/c1-6-8-24(37-14-13-22-17-26(41-5)11-12-27(22)34-29(37)7-2)10-9-20(3)15-25(38)19-33-31(39)23-16-21(4)30-28(18-23)35-32(40)36-30/h7,11-12,16-18,24,34H,3,6,8-10,13-15,19H2,1-2,4-5H3,(H,33,39)(H2,35,36,40)/b29-7+. The fourth-order valence-corrected chi connectivity index (χ4v) is 5.53. The van der Waals surface area contributed by atoms with Crippen molar-refractivity contribution in [1.29, 1.82) is 0 Å². The first-order valence-electron chi connectivity index (χ1n) is 14.3. The molecule has 0 spiro atoms. The fraction of sp³-hybridized carbons (Fsp3) is 0.406. The summed E-state index contributed by atoms with van der Waals surface area (Å²) in [5, 5.41) is 6.33. The number of Topliss-reactive ketones (excluding diaryl/α,β-unsaturated/α-hetero) is 1. The summed E-state index contributed by atoms with van der Waals surface area (Å²) in [5.74, 6) is 1.51. The van der Waals surface area contributed by atoms with Gasteiger partial charge in [0.2, 0.25) is 0 Å². The highest BCUT2D eigenvalue weighted by molar-refractivity contribution is 6.00. The molecule has 0 radical (unpaired) electrons. The van der Waals surface area contributed by atoms with Crippen LogP contribution >= 0.6 is 0 Å². The second-order valence-corrected chi connectivity index (χ2v) is 10.7. The largest absolute Gasteiger partial charge is 0.497 e. The van der Waals surface area contributed by atoms with Crippen LogP contribution in [0, 0.1) is 6.92 Å². The van der Waals surface area contributed by atoms with Crippen LogP contribution in [0.4, 0.5) is 5.69 Å². The molecule has 0 saturated carbocycles. The van der Waals surface area contributed by atoms with Gasteiger partial charge in [0.1, 0.15) is 11.6 Å². The third kappa shape index (κ3) is 7.28. The number of amides is 1. The van der Waals surface area contributed by atoms with Gasteiger partial charge >= 0.3 is 5.69 Å². The van der Waals surface area contributed by atoms with Crippen LogP contribution in [0.25, 0.3) is 11.0 Å². The van der Waals surface area contributed by atoms with Crippen molar-refractivity contribution in [2.75, 3.05) is 25.5 Å². The van der Waals surface area contributed by atoms with E-state index < -0.39 is 0 Å². The van der Waals surface area contributed by atoms with Crippen LogP contribution in [-0.4, -0.2) is 52.8 Å². The molecular formula is C32H41N5O4. The lowest BCUT2D eigenvalue weighted by Crippen LogP contribution is -2.37. The van der Waals surface area contributed by atoms with Crippen LogP contribution in [0.1, 0.15) is 67.4 Å². The van der Waals surface area contributed by atoms with E-state index in [0.717, 1.165) is 67.0 Å². The lowest BCUT2D eigenvalue weighted by Gasteiger charge is -2.34. The van der Waals surface area contributed by atoms with Crippen LogP contribution in [0.15, 0.2) is 59.2 Å². The van der Waals surface area contributed by atoms with E-state index in [2.05, 4.69) is 64.1 Å². The molecule has 9 heteroatoms. The summed E-state index contributed by atoms with van der Waals surface area (Å²) in [6.45, 7) is 11.1. The molecule has 2 heterocycles. The van der Waals surface area contributed by atoms with Gasteiger partial charge in [0.15, 0.2) is 5.78 Å². The minimum atomic E-state index is -0.356. The van der Waals surface area contributed by atoms with Crippen molar-refractivity contribution in [2.24, 2.45) is 0 Å². The van der Waals surface area contributed by atoms with Crippen LogP contribution in [-0.2, 0) is 11.2 Å². The van der Waals surface area contributed by atoms with Crippen molar-refractivity contribution >= 4 is 28.4 Å². The van der Waals surface area contributed by atoms with Crippen molar-refractivity contribution in [3.63, 3.8) is 0 Å². The number of aryl methyl sites for hydroxylation is 1. The molecule has 1 amide bonds. The molecule has 9 nitrogen and oxygen atoms in total. The number of imidazole rings is 1. The van der Waals surface area contributed by atoms with E-state index in [0.29, 0.717) is 22.6 Å². The molecule has 1 aliphatic rings. The van der Waals surface area contributed by atoms with E-state index in [1.807, 2.05) is 13.0 Å². The Morgan fingerprint density at radius 3 is 2.73 bits per heavy atom. The number of carbonyl (C=O) groups is 2. The lowest BCUT2D eigenvalue weighted by molar-refractivity contribution is -0.117. The van der Waals surface area contributed by atoms with Crippen molar-refractivity contribution in [1.82, 2.24) is 20.2 Å². The highest BCUT2D eigenvalue weighted by Gasteiger charge is 2.24. The summed E-state index contributed by atoms with van der Waals surface area (Å²) in [4.78, 5) is 44.8. The average molecular weight is 560 g/mol. The first kappa shape index (κ1) is 29.7. The molecule has 0 saturated heterocycles. The lowest BCUT2D eigenvalue weighted by atomic mass is 9.98. The normalized spacial score (nSPS) is 14.7. The molecule has 1 aliphatic heterocycles. The van der Waals surface area contributed by atoms with E-state index in [4.69, 9.17) is 4.74 Å². The molecule has 0 fully saturated rings. The van der Waals surface area contributed by atoms with Crippen molar-refractivity contribution < 1.29 is 14.3 Å². The number of aromatic amines is 2. The number of ketones is 1. The Balaban J connectivity index is 1.31. The molecule has 218 valence electrons. The fourth-order valence-electron chi connectivity index (χ4n) is 5.53. The minimum absolute atomic E-state index is 0.0720. The van der Waals surface area contributed by atoms with E-state index >= 15 is 0 Å². The van der Waals surface area contributed by atoms with E-state index in [-0.39, 0.29) is 30.3 Å². The van der Waals surface area contributed by atoms with Crippen LogP contribution in [0.2, 0.25) is 0 Å². The summed E-state index contributed by atoms with van der Waals surface area (Å²) in [6, 6.07) is 9.76. The second kappa shape index (κ2) is 13.4. The van der Waals surface area contributed by atoms with Crippen LogP contribution < -0.4 is 21.1 Å². The number of hydrogen-bond donors (Lipinski definition) is 4. The number of rotatable bonds is 12. The SMILES string of the molecule is C=C(CCC(CCC)N1CCc2cc(OC)ccc2N/C1=C\C)CC(=O)CNC(=O)c1cc(C)c2[nH]c(=O)[nH]c2c1. The number of aromatic nitrogens is 2. The molecule has 3 aromatic rings. The highest BCUT2D eigenvalue weighted by atomic mass is 16.5. The third-order valence-corrected chi connectivity index (χ3v) is 7.65. The number of allylic oxidation sites excluding steroid dienone is 2. The molecule has 1 aromatic heterocycles. The van der Waals surface area contributed by atoms with Gasteiger partial charge in [-0.1, -0.05) is 25.5 Å². The van der Waals surface area contributed by atoms with Gasteiger partial charge in [0.25, 0.3) is 5.91 Å². The number of nitrogens with zero attached hydrogens (tertiary/aromatic N) is 1. The second-order valence-electron chi connectivity index (χ2n) is 10.7. The number of carbonyl (C=O) groups excluding carboxylic acids is 2. The number of anilines is 1. The molecule has 0 bridgehead atoms. The maximum Gasteiger partial charge on any atom is 0.323 e. The van der Waals surface area contributed by atoms with Gasteiger partial charge in [-0.15, -0.1) is 0 Å². The van der Waals surface area contributed by atoms with Crippen molar-refractivity contribution in [3.05, 3.63) is 81.6 Å². The predicted octanol–water partition coefficient (Wildman–Crippen LogP) is 5.20. The quantitative estimate of drug-likeness (QED) is 0.227. The van der Waals surface area contributed by atoms with Crippen LogP contribution in [0.3, 0.4) is 0 Å². The Morgan fingerprint density at radius 2 is 2.00 bits per heavy atom. The topological polar surface area (TPSA) is 119 Å². The molecule has 2 aromatic carbocycles. The van der Waals surface area contributed by atoms with Gasteiger partial charge in [-0.3, -0.25) is 9.59 Å². The molecule has 4 N–H and O–H groups in total. The Bertz CT molecular complexity index is 1520. The van der Waals surface area contributed by atoms with E-state index in [1.54, 1.807) is 19.2 Å². The Morgan fingerprint density at radius 1 is 1.20 bits per heavy atom. The third-order valence-electron chi connectivity index (χ3n) is 7.65. The van der Waals surface area contributed by atoms with Crippen molar-refractivity contribution in [3.8, 4) is 5.75 Å². The van der Waals surface area contributed by atoms with Gasteiger partial charge in [-0.2, -0.15) is 0 Å². The number of fused-ring (bicyclic) bond motifs is 2. The Hall–Kier alpha value is -4.27. The number of H-pyrrole nitrogens is 2. The summed E-state index contributed by atoms with van der Waals surface area (Å²) in [6.07, 6.45) is 6.96. The number of methoxy groups -OCH3 is 1. The zero-order chi connectivity index (χ0) is 29.5. The average Bonchev–Trinajstić information content (AvgIpc) is 3.24. The summed E-state index contributed by atoms with van der Waals surface area (Å²) < 4.78 is 5.43. The number of benzene rings is 2. The summed E-state index contributed by atoms with van der Waals surface area (Å²) >= 11 is 0. The molecule has 0 aliphatic carbocycles. The first-order valence-corrected chi connectivity index (χ1v) is 14.3. The van der Waals surface area contributed by atoms with Crippen molar-refractivity contribution in [2.45, 2.75) is 65.3 Å². The molecule has 4 rings (SSSR count). The maximum atomic E-state index is 12.7. The smallest absolute Gasteiger partial charge is 0.323 e. The zero-order valence-electron chi connectivity index (χ0n) is 24.5.